The third kappa shape index (κ3) is 0.962. The second-order valence-electron chi connectivity index (χ2n) is 1.17. The molecule has 0 saturated carbocycles. The van der Waals surface area contributed by atoms with Crippen molar-refractivity contribution >= 4 is 11.5 Å². The summed E-state index contributed by atoms with van der Waals surface area (Å²) in [5, 5.41) is 5.93. The summed E-state index contributed by atoms with van der Waals surface area (Å²) in [5.41, 5.74) is 0. The first-order valence-electron chi connectivity index (χ1n) is 2.23. The van der Waals surface area contributed by atoms with Crippen LogP contribution in [0, 0.1) is 0 Å². The number of rotatable bonds is 1. The van der Waals surface area contributed by atoms with Crippen molar-refractivity contribution in [3.63, 3.8) is 0 Å². The molecule has 0 spiro atoms. The largest absolute Gasteiger partial charge is 0.186 e. The first-order chi connectivity index (χ1) is 3.43. The van der Waals surface area contributed by atoms with E-state index < -0.39 is 0 Å². The van der Waals surface area contributed by atoms with E-state index in [1.165, 1.54) is 0 Å². The number of aromatic nitrogens is 2. The summed E-state index contributed by atoms with van der Waals surface area (Å²) in [6, 6.07) is 0. The van der Waals surface area contributed by atoms with Crippen molar-refractivity contribution in [2.75, 3.05) is 0 Å². The number of hydrogen-bond acceptors (Lipinski definition) is 2. The maximum Gasteiger partial charge on any atom is 0.186 e. The minimum Gasteiger partial charge on any atom is -0.0263 e. The Morgan fingerprint density at radius 1 is 1.86 bits per heavy atom. The summed E-state index contributed by atoms with van der Waals surface area (Å²) >= 11 is 1.63. The zero-order chi connectivity index (χ0) is 5.11. The molecular formula is C4H7N2S+. The number of aryl methyl sites for hydroxylation is 1. The van der Waals surface area contributed by atoms with Gasteiger partial charge in [-0.25, -0.2) is 0 Å². The summed E-state index contributed by atoms with van der Waals surface area (Å²) in [7, 11) is 0. The first-order valence-corrected chi connectivity index (χ1v) is 3.07. The Morgan fingerprint density at radius 3 is 3.00 bits per heavy atom. The van der Waals surface area contributed by atoms with Crippen LogP contribution in [-0.2, 0) is 6.54 Å². The molecule has 1 rings (SSSR count). The molecule has 0 atom stereocenters. The Kier molecular flexibility index (Phi) is 1.36. The van der Waals surface area contributed by atoms with Gasteiger partial charge >= 0.3 is 0 Å². The number of hydrogen-bond donors (Lipinski definition) is 0. The van der Waals surface area contributed by atoms with Gasteiger partial charge in [0.15, 0.2) is 18.1 Å². The van der Waals surface area contributed by atoms with E-state index in [4.69, 9.17) is 0 Å². The lowest BCUT2D eigenvalue weighted by Gasteiger charge is -1.69. The summed E-state index contributed by atoms with van der Waals surface area (Å²) in [6.45, 7) is 3.06. The van der Waals surface area contributed by atoms with Gasteiger partial charge in [0.25, 0.3) is 0 Å². The van der Waals surface area contributed by atoms with Crippen LogP contribution < -0.4 is 4.07 Å². The monoisotopic (exact) mass is 115 g/mol. The normalized spacial score (nSPS) is 9.29. The standard InChI is InChI=1S/C4H7N2S/c1-2-6-5-3-4-7-6/h3-4H,2H2,1H3/q+1. The van der Waals surface area contributed by atoms with E-state index in [1.807, 2.05) is 9.45 Å². The second kappa shape index (κ2) is 2.02. The second-order valence-corrected chi connectivity index (χ2v) is 2.08. The molecule has 7 heavy (non-hydrogen) atoms. The average molecular weight is 115 g/mol. The zero-order valence-corrected chi connectivity index (χ0v) is 4.98. The van der Waals surface area contributed by atoms with Crippen LogP contribution in [0.15, 0.2) is 11.6 Å². The van der Waals surface area contributed by atoms with Gasteiger partial charge in [0.2, 0.25) is 0 Å². The molecule has 0 aliphatic carbocycles. The third-order valence-corrected chi connectivity index (χ3v) is 1.55. The van der Waals surface area contributed by atoms with Gasteiger partial charge < -0.3 is 0 Å². The van der Waals surface area contributed by atoms with Gasteiger partial charge in [-0.2, -0.15) is 0 Å². The van der Waals surface area contributed by atoms with Gasteiger partial charge in [0, 0.05) is 5.10 Å². The quantitative estimate of drug-likeness (QED) is 0.486. The lowest BCUT2D eigenvalue weighted by Crippen LogP contribution is -2.29. The lowest BCUT2D eigenvalue weighted by molar-refractivity contribution is -0.685. The zero-order valence-electron chi connectivity index (χ0n) is 4.16. The molecular weight excluding hydrogens is 108 g/mol. The molecule has 0 amide bonds. The molecule has 1 heterocycles. The maximum atomic E-state index is 3.97. The van der Waals surface area contributed by atoms with E-state index in [1.54, 1.807) is 17.7 Å². The van der Waals surface area contributed by atoms with E-state index in [0.29, 0.717) is 0 Å². The fraction of sp³-hybridized carbons (Fsp3) is 0.500. The van der Waals surface area contributed by atoms with Gasteiger partial charge in [0.1, 0.15) is 6.20 Å². The Labute approximate surface area is 46.6 Å². The minimum absolute atomic E-state index is 0.984. The summed E-state index contributed by atoms with van der Waals surface area (Å²) in [5.74, 6) is 0. The summed E-state index contributed by atoms with van der Waals surface area (Å²) in [4.78, 5) is 0. The highest BCUT2D eigenvalue weighted by molar-refractivity contribution is 6.99. The van der Waals surface area contributed by atoms with E-state index >= 15 is 0 Å². The Balaban J connectivity index is 2.76. The van der Waals surface area contributed by atoms with E-state index in [-0.39, 0.29) is 0 Å². The molecule has 1 aromatic heterocycles. The van der Waals surface area contributed by atoms with Gasteiger partial charge in [-0.1, -0.05) is 0 Å². The van der Waals surface area contributed by atoms with Crippen molar-refractivity contribution in [3.05, 3.63) is 11.6 Å². The van der Waals surface area contributed by atoms with Crippen LogP contribution >= 0.6 is 11.5 Å². The number of nitrogens with zero attached hydrogens (tertiary/aromatic N) is 2. The Morgan fingerprint density at radius 2 is 2.71 bits per heavy atom. The van der Waals surface area contributed by atoms with Crippen LogP contribution in [0.1, 0.15) is 6.92 Å². The van der Waals surface area contributed by atoms with Crippen LogP contribution in [0.5, 0.6) is 0 Å². The molecule has 0 aliphatic rings. The predicted molar refractivity (Wildman–Crippen MR) is 28.0 cm³/mol. The van der Waals surface area contributed by atoms with E-state index in [9.17, 15) is 0 Å². The molecule has 0 aromatic carbocycles. The van der Waals surface area contributed by atoms with Crippen LogP contribution in [0.3, 0.4) is 0 Å². The molecule has 0 bridgehead atoms. The predicted octanol–water partition coefficient (Wildman–Crippen LogP) is 0.450. The van der Waals surface area contributed by atoms with Crippen molar-refractivity contribution in [1.29, 1.82) is 0 Å². The fourth-order valence-corrected chi connectivity index (χ4v) is 0.890. The highest BCUT2D eigenvalue weighted by Crippen LogP contribution is 1.78. The molecule has 3 heteroatoms. The highest BCUT2D eigenvalue weighted by Gasteiger charge is 1.93. The Bertz CT molecular complexity index is 124. The van der Waals surface area contributed by atoms with Gasteiger partial charge in [-0.15, -0.1) is 0 Å². The molecule has 0 aliphatic heterocycles. The van der Waals surface area contributed by atoms with Gasteiger partial charge in [0.05, 0.1) is 5.38 Å². The fourth-order valence-electron chi connectivity index (χ4n) is 0.382. The van der Waals surface area contributed by atoms with Crippen molar-refractivity contribution in [2.24, 2.45) is 0 Å². The van der Waals surface area contributed by atoms with Gasteiger partial charge in [-0.3, -0.25) is 0 Å². The van der Waals surface area contributed by atoms with Crippen molar-refractivity contribution in [2.45, 2.75) is 13.5 Å². The molecule has 0 fully saturated rings. The lowest BCUT2D eigenvalue weighted by atomic mass is 10.8. The SMILES string of the molecule is CC[n+]1nccs1. The first kappa shape index (κ1) is 4.71. The molecule has 0 saturated heterocycles. The van der Waals surface area contributed by atoms with Gasteiger partial charge in [-0.05, 0) is 11.0 Å². The molecule has 0 unspecified atom stereocenters. The minimum atomic E-state index is 0.984. The van der Waals surface area contributed by atoms with Crippen LogP contribution in [0.4, 0.5) is 0 Å². The van der Waals surface area contributed by atoms with E-state index in [2.05, 4.69) is 12.0 Å². The van der Waals surface area contributed by atoms with Crippen LogP contribution in [0.25, 0.3) is 0 Å². The third-order valence-electron chi connectivity index (χ3n) is 0.709. The molecule has 0 radical (unpaired) electrons. The molecule has 0 N–H and O–H groups in total. The van der Waals surface area contributed by atoms with Crippen LogP contribution in [-0.4, -0.2) is 5.10 Å². The van der Waals surface area contributed by atoms with Crippen molar-refractivity contribution < 1.29 is 4.07 Å². The maximum absolute atomic E-state index is 3.97. The topological polar surface area (TPSA) is 16.8 Å². The smallest absolute Gasteiger partial charge is 0.0263 e. The Hall–Kier alpha value is -0.440. The summed E-state index contributed by atoms with van der Waals surface area (Å²) < 4.78 is 1.92. The molecule has 2 nitrogen and oxygen atoms in total. The van der Waals surface area contributed by atoms with Crippen LogP contribution in [0.2, 0.25) is 0 Å². The molecule has 1 aromatic rings. The highest BCUT2D eigenvalue weighted by atomic mass is 32.1. The van der Waals surface area contributed by atoms with E-state index in [0.717, 1.165) is 6.54 Å². The average Bonchev–Trinajstić information content (AvgIpc) is 2.14. The van der Waals surface area contributed by atoms with Crippen molar-refractivity contribution in [3.8, 4) is 0 Å². The molecule has 38 valence electrons. The van der Waals surface area contributed by atoms with Crippen molar-refractivity contribution in [1.82, 2.24) is 5.10 Å². The summed E-state index contributed by atoms with van der Waals surface area (Å²) in [6.07, 6.45) is 1.80.